The van der Waals surface area contributed by atoms with Crippen LogP contribution < -0.4 is 5.32 Å². The van der Waals surface area contributed by atoms with Crippen LogP contribution in [0.3, 0.4) is 0 Å². The van der Waals surface area contributed by atoms with Crippen molar-refractivity contribution in [3.05, 3.63) is 40.7 Å². The number of phenols is 1. The topological polar surface area (TPSA) is 50.1 Å². The van der Waals surface area contributed by atoms with Crippen molar-refractivity contribution >= 4 is 0 Å². The van der Waals surface area contributed by atoms with Crippen molar-refractivity contribution in [2.75, 3.05) is 6.54 Å². The molecule has 0 aliphatic carbocycles. The van der Waals surface area contributed by atoms with Gasteiger partial charge < -0.3 is 10.4 Å². The summed E-state index contributed by atoms with van der Waals surface area (Å²) in [5, 5.41) is 18.3. The molecule has 1 atom stereocenters. The molecule has 25 heavy (non-hydrogen) atoms. The zero-order valence-corrected chi connectivity index (χ0v) is 14.3. The highest BCUT2D eigenvalue weighted by Gasteiger charge is 2.32. The molecule has 4 nitrogen and oxygen atoms in total. The number of aryl methyl sites for hydroxylation is 1. The Labute approximate surface area is 144 Å². The third-order valence-corrected chi connectivity index (χ3v) is 4.63. The molecular formula is C18H22F3N3O. The summed E-state index contributed by atoms with van der Waals surface area (Å²) in [4.78, 5) is 0. The Hall–Kier alpha value is -2.02. The SMILES string of the molecule is CCCc1nn(-c2ccc(C(F)(F)F)cc2O)c2c1C(CC)NCC2. The molecule has 1 aromatic heterocycles. The number of nitrogens with one attached hydrogen (secondary N) is 1. The maximum atomic E-state index is 12.8. The minimum absolute atomic E-state index is 0.190. The van der Waals surface area contributed by atoms with Crippen molar-refractivity contribution in [1.29, 1.82) is 0 Å². The van der Waals surface area contributed by atoms with Crippen molar-refractivity contribution < 1.29 is 18.3 Å². The monoisotopic (exact) mass is 353 g/mol. The van der Waals surface area contributed by atoms with E-state index in [1.807, 2.05) is 0 Å². The van der Waals surface area contributed by atoms with Crippen LogP contribution >= 0.6 is 0 Å². The molecule has 0 spiro atoms. The Morgan fingerprint density at radius 3 is 2.68 bits per heavy atom. The second-order valence-corrected chi connectivity index (χ2v) is 6.34. The minimum Gasteiger partial charge on any atom is -0.506 e. The summed E-state index contributed by atoms with van der Waals surface area (Å²) in [6, 6.07) is 3.24. The van der Waals surface area contributed by atoms with E-state index in [1.165, 1.54) is 6.07 Å². The number of phenolic OH excluding ortho intramolecular Hbond substituents is 1. The van der Waals surface area contributed by atoms with E-state index in [1.54, 1.807) is 4.68 Å². The van der Waals surface area contributed by atoms with Gasteiger partial charge in [0.1, 0.15) is 11.4 Å². The minimum atomic E-state index is -4.48. The van der Waals surface area contributed by atoms with Gasteiger partial charge in [0.25, 0.3) is 0 Å². The lowest BCUT2D eigenvalue weighted by atomic mass is 9.95. The summed E-state index contributed by atoms with van der Waals surface area (Å²) < 4.78 is 40.1. The number of benzene rings is 1. The summed E-state index contributed by atoms with van der Waals surface area (Å²) in [5.41, 5.74) is 2.50. The molecule has 2 heterocycles. The van der Waals surface area contributed by atoms with Crippen LogP contribution in [0.2, 0.25) is 0 Å². The first-order chi connectivity index (χ1) is 11.9. The highest BCUT2D eigenvalue weighted by Crippen LogP contribution is 2.36. The van der Waals surface area contributed by atoms with Gasteiger partial charge in [0.15, 0.2) is 0 Å². The fourth-order valence-electron chi connectivity index (χ4n) is 3.47. The van der Waals surface area contributed by atoms with Crippen LogP contribution in [0.1, 0.15) is 55.2 Å². The largest absolute Gasteiger partial charge is 0.506 e. The third-order valence-electron chi connectivity index (χ3n) is 4.63. The number of aromatic hydroxyl groups is 1. The highest BCUT2D eigenvalue weighted by atomic mass is 19.4. The molecule has 0 saturated heterocycles. The van der Waals surface area contributed by atoms with Gasteiger partial charge in [-0.2, -0.15) is 18.3 Å². The molecule has 1 unspecified atom stereocenters. The molecule has 3 rings (SSSR count). The second kappa shape index (κ2) is 6.71. The molecule has 0 saturated carbocycles. The van der Waals surface area contributed by atoms with Gasteiger partial charge in [0.05, 0.1) is 17.0 Å². The molecule has 1 aliphatic rings. The van der Waals surface area contributed by atoms with Gasteiger partial charge in [-0.1, -0.05) is 20.3 Å². The number of nitrogens with zero attached hydrogens (tertiary/aromatic N) is 2. The van der Waals surface area contributed by atoms with Gasteiger partial charge in [0.2, 0.25) is 0 Å². The number of rotatable bonds is 4. The Bertz CT molecular complexity index is 768. The Morgan fingerprint density at radius 1 is 1.32 bits per heavy atom. The average Bonchev–Trinajstić information content (AvgIpc) is 2.93. The lowest BCUT2D eigenvalue weighted by molar-refractivity contribution is -0.137. The van der Waals surface area contributed by atoms with Crippen LogP contribution in [0.15, 0.2) is 18.2 Å². The molecule has 0 radical (unpaired) electrons. The van der Waals surface area contributed by atoms with Crippen LogP contribution in [0.25, 0.3) is 5.69 Å². The lowest BCUT2D eigenvalue weighted by Crippen LogP contribution is -2.30. The quantitative estimate of drug-likeness (QED) is 0.868. The van der Waals surface area contributed by atoms with Crippen molar-refractivity contribution in [1.82, 2.24) is 15.1 Å². The van der Waals surface area contributed by atoms with E-state index in [9.17, 15) is 18.3 Å². The molecule has 0 bridgehead atoms. The van der Waals surface area contributed by atoms with E-state index >= 15 is 0 Å². The molecule has 1 aliphatic heterocycles. The number of fused-ring (bicyclic) bond motifs is 1. The zero-order valence-electron chi connectivity index (χ0n) is 14.3. The van der Waals surface area contributed by atoms with Crippen LogP contribution in [-0.4, -0.2) is 21.4 Å². The first kappa shape index (κ1) is 17.8. The maximum absolute atomic E-state index is 12.8. The van der Waals surface area contributed by atoms with E-state index in [2.05, 4.69) is 24.3 Å². The summed E-state index contributed by atoms with van der Waals surface area (Å²) in [5.74, 6) is -0.408. The van der Waals surface area contributed by atoms with E-state index in [0.29, 0.717) is 5.69 Å². The predicted octanol–water partition coefficient (Wildman–Crippen LogP) is 4.15. The zero-order chi connectivity index (χ0) is 18.2. The van der Waals surface area contributed by atoms with E-state index in [-0.39, 0.29) is 6.04 Å². The summed E-state index contributed by atoms with van der Waals surface area (Å²) >= 11 is 0. The number of halogens is 3. The number of hydrogen-bond donors (Lipinski definition) is 2. The molecule has 136 valence electrons. The normalized spacial score (nSPS) is 17.6. The van der Waals surface area contributed by atoms with Crippen molar-refractivity contribution in [3.63, 3.8) is 0 Å². The third kappa shape index (κ3) is 3.25. The molecule has 1 aromatic carbocycles. The van der Waals surface area contributed by atoms with Crippen molar-refractivity contribution in [2.45, 2.75) is 51.7 Å². The van der Waals surface area contributed by atoms with Crippen LogP contribution in [-0.2, 0) is 19.0 Å². The van der Waals surface area contributed by atoms with Gasteiger partial charge in [-0.15, -0.1) is 0 Å². The number of hydrogen-bond acceptors (Lipinski definition) is 3. The van der Waals surface area contributed by atoms with Gasteiger partial charge in [-0.3, -0.25) is 0 Å². The van der Waals surface area contributed by atoms with Gasteiger partial charge in [-0.25, -0.2) is 4.68 Å². The Kier molecular flexibility index (Phi) is 4.77. The second-order valence-electron chi connectivity index (χ2n) is 6.34. The smallest absolute Gasteiger partial charge is 0.416 e. The summed E-state index contributed by atoms with van der Waals surface area (Å²) in [6.07, 6.45) is -1.12. The van der Waals surface area contributed by atoms with Crippen molar-refractivity contribution in [2.24, 2.45) is 0 Å². The first-order valence-electron chi connectivity index (χ1n) is 8.61. The fourth-order valence-corrected chi connectivity index (χ4v) is 3.47. The maximum Gasteiger partial charge on any atom is 0.416 e. The average molecular weight is 353 g/mol. The van der Waals surface area contributed by atoms with Gasteiger partial charge in [0, 0.05) is 24.6 Å². The molecule has 0 fully saturated rings. The molecule has 2 aromatic rings. The van der Waals surface area contributed by atoms with Crippen LogP contribution in [0.5, 0.6) is 5.75 Å². The number of alkyl halides is 3. The lowest BCUT2D eigenvalue weighted by Gasteiger charge is -2.24. The first-order valence-corrected chi connectivity index (χ1v) is 8.61. The van der Waals surface area contributed by atoms with E-state index in [4.69, 9.17) is 0 Å². The van der Waals surface area contributed by atoms with Crippen LogP contribution in [0.4, 0.5) is 13.2 Å². The molecular weight excluding hydrogens is 331 g/mol. The Morgan fingerprint density at radius 2 is 2.08 bits per heavy atom. The Balaban J connectivity index is 2.12. The van der Waals surface area contributed by atoms with Gasteiger partial charge >= 0.3 is 6.18 Å². The molecule has 2 N–H and O–H groups in total. The van der Waals surface area contributed by atoms with E-state index in [0.717, 1.165) is 61.3 Å². The predicted molar refractivity (Wildman–Crippen MR) is 89.0 cm³/mol. The highest BCUT2D eigenvalue weighted by molar-refractivity contribution is 5.51. The molecule has 7 heteroatoms. The summed E-state index contributed by atoms with van der Waals surface area (Å²) in [6.45, 7) is 4.94. The van der Waals surface area contributed by atoms with E-state index < -0.39 is 17.5 Å². The van der Waals surface area contributed by atoms with Crippen molar-refractivity contribution in [3.8, 4) is 11.4 Å². The fraction of sp³-hybridized carbons (Fsp3) is 0.500. The number of aromatic nitrogens is 2. The van der Waals surface area contributed by atoms with Crippen LogP contribution in [0, 0.1) is 0 Å². The summed E-state index contributed by atoms with van der Waals surface area (Å²) in [7, 11) is 0. The van der Waals surface area contributed by atoms with Gasteiger partial charge in [-0.05, 0) is 31.0 Å². The molecule has 0 amide bonds. The standard InChI is InChI=1S/C18H22F3N3O/c1-3-5-13-17-12(4-2)22-9-8-15(17)24(23-13)14-7-6-11(10-16(14)25)18(19,20)21/h6-7,10,12,22,25H,3-5,8-9H2,1-2H3.